The van der Waals surface area contributed by atoms with Crippen molar-refractivity contribution >= 4 is 11.6 Å². The van der Waals surface area contributed by atoms with Gasteiger partial charge in [-0.05, 0) is 44.9 Å². The Balaban J connectivity index is 2.03. The van der Waals surface area contributed by atoms with Crippen LogP contribution in [0, 0.1) is 19.7 Å². The van der Waals surface area contributed by atoms with E-state index >= 15 is 0 Å². The highest BCUT2D eigenvalue weighted by Crippen LogP contribution is 2.19. The minimum atomic E-state index is -0.198. The van der Waals surface area contributed by atoms with Crippen molar-refractivity contribution in [2.45, 2.75) is 27.2 Å². The third-order valence-electron chi connectivity index (χ3n) is 3.20. The monoisotopic (exact) mass is 288 g/mol. The molecular weight excluding hydrogens is 267 g/mol. The molecule has 0 aliphatic heterocycles. The van der Waals surface area contributed by atoms with Crippen LogP contribution >= 0.6 is 0 Å². The summed E-state index contributed by atoms with van der Waals surface area (Å²) in [6.45, 7) is 7.42. The number of aryl methyl sites for hydroxylation is 1. The maximum absolute atomic E-state index is 13.1. The maximum atomic E-state index is 13.1. The average Bonchev–Trinajstić information content (AvgIpc) is 2.44. The molecule has 21 heavy (non-hydrogen) atoms. The lowest BCUT2D eigenvalue weighted by Gasteiger charge is -2.13. The normalized spacial score (nSPS) is 10.5. The van der Waals surface area contributed by atoms with Crippen LogP contribution in [0.2, 0.25) is 0 Å². The van der Waals surface area contributed by atoms with E-state index in [4.69, 9.17) is 0 Å². The van der Waals surface area contributed by atoms with Crippen molar-refractivity contribution in [3.05, 3.63) is 47.0 Å². The Labute approximate surface area is 124 Å². The Hall–Kier alpha value is -2.17. The predicted octanol–water partition coefficient (Wildman–Crippen LogP) is 3.32. The van der Waals surface area contributed by atoms with Crippen LogP contribution in [0.5, 0.6) is 0 Å². The second kappa shape index (κ2) is 7.02. The molecule has 0 radical (unpaired) electrons. The molecule has 0 bridgehead atoms. The fourth-order valence-electron chi connectivity index (χ4n) is 2.16. The van der Waals surface area contributed by atoms with Gasteiger partial charge < -0.3 is 10.6 Å². The second-order valence-electron chi connectivity index (χ2n) is 4.93. The van der Waals surface area contributed by atoms with Gasteiger partial charge in [0.25, 0.3) is 0 Å². The molecule has 0 saturated heterocycles. The zero-order chi connectivity index (χ0) is 15.2. The van der Waals surface area contributed by atoms with Crippen LogP contribution in [0.3, 0.4) is 0 Å². The fraction of sp³-hybridized carbons (Fsp3) is 0.375. The molecule has 1 aromatic carbocycles. The molecule has 4 nitrogen and oxygen atoms in total. The number of anilines is 2. The first-order valence-corrected chi connectivity index (χ1v) is 7.17. The predicted molar refractivity (Wildman–Crippen MR) is 84.3 cm³/mol. The fourth-order valence-corrected chi connectivity index (χ4v) is 2.16. The number of halogens is 1. The molecule has 0 atom stereocenters. The second-order valence-corrected chi connectivity index (χ2v) is 4.93. The van der Waals surface area contributed by atoms with Crippen molar-refractivity contribution in [1.29, 1.82) is 0 Å². The first kappa shape index (κ1) is 15.2. The Morgan fingerprint density at radius 1 is 1.10 bits per heavy atom. The summed E-state index contributed by atoms with van der Waals surface area (Å²) in [6.07, 6.45) is 0.747. The number of rotatable bonds is 6. The van der Waals surface area contributed by atoms with Crippen molar-refractivity contribution in [3.8, 4) is 0 Å². The topological polar surface area (TPSA) is 49.8 Å². The SMILES string of the molecule is CCNc1nc(C)nc(NCCc2cccc(F)c2)c1C. The van der Waals surface area contributed by atoms with E-state index in [0.717, 1.165) is 41.6 Å². The molecule has 112 valence electrons. The van der Waals surface area contributed by atoms with Crippen molar-refractivity contribution in [1.82, 2.24) is 9.97 Å². The van der Waals surface area contributed by atoms with Gasteiger partial charge in [-0.2, -0.15) is 0 Å². The molecule has 0 saturated carbocycles. The molecule has 0 aliphatic rings. The van der Waals surface area contributed by atoms with Gasteiger partial charge in [-0.15, -0.1) is 0 Å². The van der Waals surface area contributed by atoms with Gasteiger partial charge in [-0.1, -0.05) is 12.1 Å². The molecule has 0 unspecified atom stereocenters. The van der Waals surface area contributed by atoms with Crippen molar-refractivity contribution in [2.75, 3.05) is 23.7 Å². The third kappa shape index (κ3) is 4.15. The largest absolute Gasteiger partial charge is 0.370 e. The number of hydrogen-bond donors (Lipinski definition) is 2. The van der Waals surface area contributed by atoms with E-state index in [1.54, 1.807) is 12.1 Å². The number of benzene rings is 1. The molecule has 0 fully saturated rings. The Morgan fingerprint density at radius 2 is 1.81 bits per heavy atom. The summed E-state index contributed by atoms with van der Waals surface area (Å²) in [5.74, 6) is 2.22. The molecule has 2 N–H and O–H groups in total. The highest BCUT2D eigenvalue weighted by molar-refractivity contribution is 5.57. The zero-order valence-corrected chi connectivity index (χ0v) is 12.7. The van der Waals surface area contributed by atoms with E-state index in [1.807, 2.05) is 26.8 Å². The Kier molecular flexibility index (Phi) is 5.09. The summed E-state index contributed by atoms with van der Waals surface area (Å²) >= 11 is 0. The highest BCUT2D eigenvalue weighted by Gasteiger charge is 2.08. The molecule has 1 heterocycles. The average molecular weight is 288 g/mol. The smallest absolute Gasteiger partial charge is 0.134 e. The minimum Gasteiger partial charge on any atom is -0.370 e. The zero-order valence-electron chi connectivity index (χ0n) is 12.7. The first-order valence-electron chi connectivity index (χ1n) is 7.17. The molecular formula is C16H21FN4. The van der Waals surface area contributed by atoms with Crippen LogP contribution in [0.1, 0.15) is 23.9 Å². The van der Waals surface area contributed by atoms with Gasteiger partial charge in [0.05, 0.1) is 0 Å². The maximum Gasteiger partial charge on any atom is 0.134 e. The van der Waals surface area contributed by atoms with Crippen LogP contribution in [0.4, 0.5) is 16.0 Å². The van der Waals surface area contributed by atoms with Crippen molar-refractivity contribution in [3.63, 3.8) is 0 Å². The van der Waals surface area contributed by atoms with Crippen molar-refractivity contribution in [2.24, 2.45) is 0 Å². The molecule has 2 rings (SSSR count). The van der Waals surface area contributed by atoms with Gasteiger partial charge in [-0.3, -0.25) is 0 Å². The van der Waals surface area contributed by atoms with Crippen LogP contribution in [0.25, 0.3) is 0 Å². The third-order valence-corrected chi connectivity index (χ3v) is 3.20. The van der Waals surface area contributed by atoms with E-state index in [1.165, 1.54) is 6.07 Å². The molecule has 0 amide bonds. The van der Waals surface area contributed by atoms with E-state index in [2.05, 4.69) is 20.6 Å². The van der Waals surface area contributed by atoms with Gasteiger partial charge in [0.15, 0.2) is 0 Å². The summed E-state index contributed by atoms with van der Waals surface area (Å²) in [4.78, 5) is 8.82. The number of aromatic nitrogens is 2. The van der Waals surface area contributed by atoms with Crippen LogP contribution in [-0.2, 0) is 6.42 Å². The van der Waals surface area contributed by atoms with Gasteiger partial charge in [0, 0.05) is 18.7 Å². The van der Waals surface area contributed by atoms with E-state index in [0.29, 0.717) is 6.54 Å². The number of nitrogens with one attached hydrogen (secondary N) is 2. The summed E-state index contributed by atoms with van der Waals surface area (Å²) in [5.41, 5.74) is 1.97. The van der Waals surface area contributed by atoms with Gasteiger partial charge in [0.1, 0.15) is 23.3 Å². The molecule has 0 spiro atoms. The summed E-state index contributed by atoms with van der Waals surface area (Å²) in [7, 11) is 0. The quantitative estimate of drug-likeness (QED) is 0.856. The summed E-state index contributed by atoms with van der Waals surface area (Å²) < 4.78 is 13.1. The Morgan fingerprint density at radius 3 is 2.48 bits per heavy atom. The van der Waals surface area contributed by atoms with Crippen molar-refractivity contribution < 1.29 is 4.39 Å². The van der Waals surface area contributed by atoms with Crippen LogP contribution in [-0.4, -0.2) is 23.1 Å². The van der Waals surface area contributed by atoms with Crippen LogP contribution in [0.15, 0.2) is 24.3 Å². The van der Waals surface area contributed by atoms with Gasteiger partial charge in [0.2, 0.25) is 0 Å². The summed E-state index contributed by atoms with van der Waals surface area (Å²) in [6, 6.07) is 6.67. The highest BCUT2D eigenvalue weighted by atomic mass is 19.1. The lowest BCUT2D eigenvalue weighted by atomic mass is 10.1. The number of nitrogens with zero attached hydrogens (tertiary/aromatic N) is 2. The van der Waals surface area contributed by atoms with E-state index in [-0.39, 0.29) is 5.82 Å². The number of hydrogen-bond acceptors (Lipinski definition) is 4. The van der Waals surface area contributed by atoms with E-state index < -0.39 is 0 Å². The van der Waals surface area contributed by atoms with Gasteiger partial charge in [-0.25, -0.2) is 14.4 Å². The molecule has 1 aromatic heterocycles. The molecule has 0 aliphatic carbocycles. The molecule has 2 aromatic rings. The lowest BCUT2D eigenvalue weighted by Crippen LogP contribution is -2.12. The minimum absolute atomic E-state index is 0.198. The first-order chi connectivity index (χ1) is 10.1. The van der Waals surface area contributed by atoms with E-state index in [9.17, 15) is 4.39 Å². The lowest BCUT2D eigenvalue weighted by molar-refractivity contribution is 0.625. The van der Waals surface area contributed by atoms with Gasteiger partial charge >= 0.3 is 0 Å². The molecule has 5 heteroatoms. The Bertz CT molecular complexity index is 613. The summed E-state index contributed by atoms with van der Waals surface area (Å²) in [5, 5.41) is 6.54. The standard InChI is InChI=1S/C16H21FN4/c1-4-18-15-11(2)16(21-12(3)20-15)19-9-8-13-6-5-7-14(17)10-13/h5-7,10H,4,8-9H2,1-3H3,(H2,18,19,20,21). The van der Waals surface area contributed by atoms with Crippen LogP contribution < -0.4 is 10.6 Å².